The Kier molecular flexibility index (Phi) is 6.87. The number of amides is 1. The van der Waals surface area contributed by atoms with Crippen LogP contribution in [-0.4, -0.2) is 20.6 Å². The number of ether oxygens (including phenoxy) is 1. The summed E-state index contributed by atoms with van der Waals surface area (Å²) >= 11 is 5.70. The number of rotatable bonds is 6. The van der Waals surface area contributed by atoms with E-state index >= 15 is 0 Å². The zero-order valence-electron chi connectivity index (χ0n) is 18.6. The highest BCUT2D eigenvalue weighted by molar-refractivity contribution is 6.32. The van der Waals surface area contributed by atoms with Crippen molar-refractivity contribution in [3.63, 3.8) is 0 Å². The van der Waals surface area contributed by atoms with Crippen molar-refractivity contribution in [3.8, 4) is 11.5 Å². The number of anilines is 1. The molecule has 180 valence electrons. The van der Waals surface area contributed by atoms with Crippen LogP contribution in [-0.2, 0) is 17.5 Å². The lowest BCUT2D eigenvalue weighted by Gasteiger charge is -2.13. The molecule has 0 bridgehead atoms. The molecular formula is C22H20ClF3N4O4. The first-order valence-corrected chi connectivity index (χ1v) is 10.3. The number of aromatic nitrogens is 2. The number of nitrogens with one attached hydrogen (secondary N) is 1. The lowest BCUT2D eigenvalue weighted by atomic mass is 10.1. The fourth-order valence-electron chi connectivity index (χ4n) is 3.25. The molecule has 0 fully saturated rings. The Bertz CT molecular complexity index is 1290. The number of alkyl halides is 3. The molecule has 12 heteroatoms. The highest BCUT2D eigenvalue weighted by atomic mass is 35.5. The first-order chi connectivity index (χ1) is 15.8. The van der Waals surface area contributed by atoms with Gasteiger partial charge in [-0.2, -0.15) is 18.3 Å². The second-order valence-corrected chi connectivity index (χ2v) is 8.11. The van der Waals surface area contributed by atoms with Gasteiger partial charge in [-0.05, 0) is 50.5 Å². The van der Waals surface area contributed by atoms with Crippen molar-refractivity contribution in [2.24, 2.45) is 0 Å². The Hall–Kier alpha value is -3.60. The molecule has 0 aliphatic heterocycles. The number of carbonyl (C=O) groups is 1. The highest BCUT2D eigenvalue weighted by Crippen LogP contribution is 2.36. The quantitative estimate of drug-likeness (QED) is 0.327. The molecule has 0 saturated heterocycles. The summed E-state index contributed by atoms with van der Waals surface area (Å²) in [7, 11) is 0. The maximum atomic E-state index is 13.0. The van der Waals surface area contributed by atoms with Crippen molar-refractivity contribution >= 4 is 28.9 Å². The number of hydrogen-bond donors (Lipinski definition) is 1. The number of nitro benzene ring substituents is 1. The number of nitro groups is 1. The Labute approximate surface area is 197 Å². The molecule has 3 aromatic rings. The van der Waals surface area contributed by atoms with Gasteiger partial charge in [0, 0.05) is 12.1 Å². The third kappa shape index (κ3) is 5.48. The van der Waals surface area contributed by atoms with Gasteiger partial charge in [0.2, 0.25) is 5.91 Å². The maximum absolute atomic E-state index is 13.0. The zero-order chi connectivity index (χ0) is 25.4. The SMILES string of the molecule is Cc1cc(C)c(C)c(Oc2cc(NC(=O)Cn3nc(C(F)(F)F)c(Cl)c3C)cc([N+](=O)[O-])c2)c1. The van der Waals surface area contributed by atoms with Crippen molar-refractivity contribution < 1.29 is 27.6 Å². The van der Waals surface area contributed by atoms with Crippen LogP contribution in [0.4, 0.5) is 24.5 Å². The lowest BCUT2D eigenvalue weighted by Crippen LogP contribution is -2.21. The number of benzene rings is 2. The van der Waals surface area contributed by atoms with Gasteiger partial charge < -0.3 is 10.1 Å². The van der Waals surface area contributed by atoms with E-state index < -0.39 is 34.3 Å². The number of carbonyl (C=O) groups excluding carboxylic acids is 1. The first-order valence-electron chi connectivity index (χ1n) is 9.91. The van der Waals surface area contributed by atoms with E-state index in [9.17, 15) is 28.1 Å². The van der Waals surface area contributed by atoms with E-state index in [1.165, 1.54) is 19.1 Å². The molecule has 0 spiro atoms. The molecule has 2 aromatic carbocycles. The van der Waals surface area contributed by atoms with Crippen LogP contribution in [0.25, 0.3) is 0 Å². The van der Waals surface area contributed by atoms with Gasteiger partial charge in [-0.15, -0.1) is 0 Å². The Morgan fingerprint density at radius 1 is 1.18 bits per heavy atom. The van der Waals surface area contributed by atoms with Crippen LogP contribution in [0.5, 0.6) is 11.5 Å². The number of non-ortho nitro benzene ring substituents is 1. The van der Waals surface area contributed by atoms with Gasteiger partial charge in [-0.1, -0.05) is 17.7 Å². The molecule has 1 heterocycles. The normalized spacial score (nSPS) is 11.4. The van der Waals surface area contributed by atoms with Crippen LogP contribution in [0.2, 0.25) is 5.02 Å². The van der Waals surface area contributed by atoms with Crippen molar-refractivity contribution in [3.05, 3.63) is 73.5 Å². The predicted octanol–water partition coefficient (Wildman–Crippen LogP) is 6.13. The van der Waals surface area contributed by atoms with Gasteiger partial charge in [0.15, 0.2) is 5.69 Å². The smallest absolute Gasteiger partial charge is 0.436 e. The number of aryl methyl sites for hydroxylation is 2. The minimum absolute atomic E-state index is 0.0307. The fourth-order valence-corrected chi connectivity index (χ4v) is 3.49. The van der Waals surface area contributed by atoms with Crippen LogP contribution in [0, 0.1) is 37.8 Å². The third-order valence-corrected chi connectivity index (χ3v) is 5.53. The van der Waals surface area contributed by atoms with Gasteiger partial charge in [-0.25, -0.2) is 0 Å². The summed E-state index contributed by atoms with van der Waals surface area (Å²) in [6.07, 6.45) is -4.78. The van der Waals surface area contributed by atoms with Crippen LogP contribution in [0.15, 0.2) is 30.3 Å². The number of hydrogen-bond acceptors (Lipinski definition) is 5. The monoisotopic (exact) mass is 496 g/mol. The fraction of sp³-hybridized carbons (Fsp3) is 0.273. The molecule has 1 amide bonds. The molecule has 0 radical (unpaired) electrons. The van der Waals surface area contributed by atoms with Crippen molar-refractivity contribution in [1.82, 2.24) is 9.78 Å². The van der Waals surface area contributed by atoms with Gasteiger partial charge in [0.25, 0.3) is 5.69 Å². The van der Waals surface area contributed by atoms with Crippen LogP contribution in [0.3, 0.4) is 0 Å². The van der Waals surface area contributed by atoms with Crippen LogP contribution in [0.1, 0.15) is 28.1 Å². The minimum atomic E-state index is -4.78. The maximum Gasteiger partial charge on any atom is 0.436 e. The second kappa shape index (κ2) is 9.34. The topological polar surface area (TPSA) is 99.3 Å². The largest absolute Gasteiger partial charge is 0.457 e. The highest BCUT2D eigenvalue weighted by Gasteiger charge is 2.38. The summed E-state index contributed by atoms with van der Waals surface area (Å²) in [6, 6.07) is 7.45. The summed E-state index contributed by atoms with van der Waals surface area (Å²) in [5.74, 6) is -0.156. The third-order valence-electron chi connectivity index (χ3n) is 5.07. The Morgan fingerprint density at radius 2 is 1.85 bits per heavy atom. The molecule has 0 atom stereocenters. The number of nitrogens with zero attached hydrogens (tertiary/aromatic N) is 3. The average Bonchev–Trinajstić information content (AvgIpc) is 3.00. The Morgan fingerprint density at radius 3 is 2.44 bits per heavy atom. The van der Waals surface area contributed by atoms with E-state index in [0.29, 0.717) is 5.75 Å². The molecule has 1 aromatic heterocycles. The van der Waals surface area contributed by atoms with Crippen molar-refractivity contribution in [2.75, 3.05) is 5.32 Å². The van der Waals surface area contributed by atoms with E-state index in [1.807, 2.05) is 26.8 Å². The minimum Gasteiger partial charge on any atom is -0.457 e. The second-order valence-electron chi connectivity index (χ2n) is 7.73. The summed E-state index contributed by atoms with van der Waals surface area (Å²) in [5.41, 5.74) is 1.10. The molecule has 0 saturated carbocycles. The number of halogens is 4. The first kappa shape index (κ1) is 25.0. The molecule has 0 aliphatic carbocycles. The van der Waals surface area contributed by atoms with Crippen LogP contribution >= 0.6 is 11.6 Å². The van der Waals surface area contributed by atoms with Crippen molar-refractivity contribution in [2.45, 2.75) is 40.4 Å². The molecule has 8 nitrogen and oxygen atoms in total. The van der Waals surface area contributed by atoms with Gasteiger partial charge in [-0.3, -0.25) is 19.6 Å². The molecule has 34 heavy (non-hydrogen) atoms. The summed E-state index contributed by atoms with van der Waals surface area (Å²) in [6.45, 7) is 6.34. The van der Waals surface area contributed by atoms with Crippen molar-refractivity contribution in [1.29, 1.82) is 0 Å². The van der Waals surface area contributed by atoms with E-state index in [0.717, 1.165) is 27.4 Å². The van der Waals surface area contributed by atoms with E-state index in [1.54, 1.807) is 6.07 Å². The average molecular weight is 497 g/mol. The van der Waals surface area contributed by atoms with Gasteiger partial charge in [0.1, 0.15) is 18.0 Å². The van der Waals surface area contributed by atoms with Gasteiger partial charge in [0.05, 0.1) is 27.4 Å². The Balaban J connectivity index is 1.87. The molecule has 1 N–H and O–H groups in total. The van der Waals surface area contributed by atoms with E-state index in [4.69, 9.17) is 16.3 Å². The van der Waals surface area contributed by atoms with Gasteiger partial charge >= 0.3 is 6.18 Å². The summed E-state index contributed by atoms with van der Waals surface area (Å²) in [4.78, 5) is 23.2. The molecule has 0 aliphatic rings. The molecule has 0 unspecified atom stereocenters. The predicted molar refractivity (Wildman–Crippen MR) is 119 cm³/mol. The summed E-state index contributed by atoms with van der Waals surface area (Å²) < 4.78 is 45.7. The summed E-state index contributed by atoms with van der Waals surface area (Å²) in [5, 5.41) is 16.6. The molecule has 3 rings (SSSR count). The van der Waals surface area contributed by atoms with E-state index in [2.05, 4.69) is 10.4 Å². The standard InChI is InChI=1S/C22H20ClF3N4O4/c1-11-5-12(2)13(3)18(6-11)34-17-8-15(7-16(9-17)30(32)33)27-19(31)10-29-14(4)20(23)21(28-29)22(24,25)26/h5-9H,10H2,1-4H3,(H,27,31). The van der Waals surface area contributed by atoms with E-state index in [-0.39, 0.29) is 22.8 Å². The molecular weight excluding hydrogens is 477 g/mol. The zero-order valence-corrected chi connectivity index (χ0v) is 19.3. The lowest BCUT2D eigenvalue weighted by molar-refractivity contribution is -0.384. The van der Waals surface area contributed by atoms with Crippen LogP contribution < -0.4 is 10.1 Å².